The van der Waals surface area contributed by atoms with Gasteiger partial charge in [-0.15, -0.1) is 0 Å². The maximum Gasteiger partial charge on any atom is 0.472 e. The van der Waals surface area contributed by atoms with E-state index in [0.717, 1.165) is 0 Å². The van der Waals surface area contributed by atoms with E-state index < -0.39 is 13.7 Å². The zero-order valence-corrected chi connectivity index (χ0v) is 12.5. The molecule has 0 aliphatic heterocycles. The Kier molecular flexibility index (Phi) is 5.75. The molecule has 0 bridgehead atoms. The van der Waals surface area contributed by atoms with Gasteiger partial charge in [0.25, 0.3) is 0 Å². The smallest absolute Gasteiger partial charge is 0.303 e. The van der Waals surface area contributed by atoms with Gasteiger partial charge >= 0.3 is 7.82 Å². The summed E-state index contributed by atoms with van der Waals surface area (Å²) in [6.45, 7) is 1.84. The maximum absolute atomic E-state index is 11.2. The number of phosphoric ester groups is 1. The largest absolute Gasteiger partial charge is 0.472 e. The van der Waals surface area contributed by atoms with Crippen LogP contribution in [0.2, 0.25) is 0 Å². The number of rotatable bonds is 6. The summed E-state index contributed by atoms with van der Waals surface area (Å²) in [5, 5.41) is 0. The van der Waals surface area contributed by atoms with Gasteiger partial charge in [0.05, 0.1) is 6.04 Å². The first-order valence-electron chi connectivity index (χ1n) is 5.22. The standard InChI is InChI=1S/C9H24N3O4P/c1-8(10(2)3)9(11(4)5,12(6)7)16-17(13,14)15/h8H,1-7H3,(H2,13,14,15). The van der Waals surface area contributed by atoms with Crippen LogP contribution in [-0.2, 0) is 9.09 Å². The van der Waals surface area contributed by atoms with E-state index in [1.165, 1.54) is 0 Å². The van der Waals surface area contributed by atoms with Gasteiger partial charge in [-0.1, -0.05) is 0 Å². The van der Waals surface area contributed by atoms with Crippen molar-refractivity contribution in [1.82, 2.24) is 14.7 Å². The van der Waals surface area contributed by atoms with Crippen molar-refractivity contribution in [3.63, 3.8) is 0 Å². The van der Waals surface area contributed by atoms with Gasteiger partial charge < -0.3 is 14.7 Å². The molecule has 0 heterocycles. The second kappa shape index (κ2) is 5.75. The molecule has 1 atom stereocenters. The predicted molar refractivity (Wildman–Crippen MR) is 66.4 cm³/mol. The van der Waals surface area contributed by atoms with Crippen molar-refractivity contribution < 1.29 is 18.9 Å². The van der Waals surface area contributed by atoms with E-state index in [2.05, 4.69) is 0 Å². The van der Waals surface area contributed by atoms with Crippen LogP contribution in [0, 0.1) is 0 Å². The van der Waals surface area contributed by atoms with Gasteiger partial charge in [-0.2, -0.15) is 0 Å². The molecule has 8 heteroatoms. The third-order valence-corrected chi connectivity index (χ3v) is 3.36. The third kappa shape index (κ3) is 3.99. The molecule has 104 valence electrons. The number of hydrogen-bond acceptors (Lipinski definition) is 5. The van der Waals surface area contributed by atoms with Crippen LogP contribution in [0.5, 0.6) is 0 Å². The Morgan fingerprint density at radius 1 is 1.06 bits per heavy atom. The molecule has 0 radical (unpaired) electrons. The van der Waals surface area contributed by atoms with Gasteiger partial charge in [0.15, 0.2) is 0 Å². The first kappa shape index (κ1) is 17.0. The molecule has 1 unspecified atom stereocenters. The molecule has 0 aromatic rings. The fraction of sp³-hybridized carbons (Fsp3) is 1.00. The molecule has 7 nitrogen and oxygen atoms in total. The van der Waals surface area contributed by atoms with E-state index in [0.29, 0.717) is 0 Å². The molecule has 0 aromatic carbocycles. The summed E-state index contributed by atoms with van der Waals surface area (Å²) in [7, 11) is 5.93. The van der Waals surface area contributed by atoms with Crippen LogP contribution >= 0.6 is 7.82 Å². The molecular weight excluding hydrogens is 245 g/mol. The summed E-state index contributed by atoms with van der Waals surface area (Å²) >= 11 is 0. The molecule has 0 aliphatic carbocycles. The normalized spacial score (nSPS) is 16.0. The van der Waals surface area contributed by atoms with Gasteiger partial charge in [-0.05, 0) is 49.2 Å². The van der Waals surface area contributed by atoms with Gasteiger partial charge in [-0.3, -0.25) is 9.80 Å². The monoisotopic (exact) mass is 269 g/mol. The van der Waals surface area contributed by atoms with E-state index in [9.17, 15) is 4.57 Å². The minimum atomic E-state index is -4.60. The van der Waals surface area contributed by atoms with Crippen molar-refractivity contribution in [3.8, 4) is 0 Å². The van der Waals surface area contributed by atoms with Crippen molar-refractivity contribution in [2.24, 2.45) is 0 Å². The van der Waals surface area contributed by atoms with E-state index in [-0.39, 0.29) is 6.04 Å². The minimum Gasteiger partial charge on any atom is -0.303 e. The van der Waals surface area contributed by atoms with Crippen LogP contribution in [0.4, 0.5) is 0 Å². The highest BCUT2D eigenvalue weighted by atomic mass is 31.2. The van der Waals surface area contributed by atoms with Gasteiger partial charge in [0.1, 0.15) is 0 Å². The molecule has 17 heavy (non-hydrogen) atoms. The fourth-order valence-electron chi connectivity index (χ4n) is 1.90. The minimum absolute atomic E-state index is 0.250. The summed E-state index contributed by atoms with van der Waals surface area (Å²) < 4.78 is 16.2. The van der Waals surface area contributed by atoms with Crippen molar-refractivity contribution in [2.45, 2.75) is 18.8 Å². The number of nitrogens with zero attached hydrogens (tertiary/aromatic N) is 3. The zero-order chi connectivity index (χ0) is 14.0. The highest BCUT2D eigenvalue weighted by Gasteiger charge is 2.48. The maximum atomic E-state index is 11.2. The van der Waals surface area contributed by atoms with Crippen LogP contribution in [0.3, 0.4) is 0 Å². The van der Waals surface area contributed by atoms with Crippen molar-refractivity contribution in [3.05, 3.63) is 0 Å². The lowest BCUT2D eigenvalue weighted by atomic mass is 10.1. The van der Waals surface area contributed by atoms with Gasteiger partial charge in [-0.25, -0.2) is 9.09 Å². The van der Waals surface area contributed by atoms with E-state index in [1.807, 2.05) is 25.9 Å². The second-order valence-corrected chi connectivity index (χ2v) is 5.83. The van der Waals surface area contributed by atoms with Crippen molar-refractivity contribution >= 4 is 7.82 Å². The SMILES string of the molecule is CC(N(C)C)C(OP(=O)(O)O)(N(C)C)N(C)C. The van der Waals surface area contributed by atoms with Crippen molar-refractivity contribution in [2.75, 3.05) is 42.3 Å². The molecule has 0 saturated carbocycles. The molecule has 0 spiro atoms. The molecular formula is C9H24N3O4P. The van der Waals surface area contributed by atoms with E-state index >= 15 is 0 Å². The summed E-state index contributed by atoms with van der Waals surface area (Å²) in [5.41, 5.74) is 0. The number of phosphoric acid groups is 1. The summed E-state index contributed by atoms with van der Waals surface area (Å²) in [6, 6.07) is -0.250. The number of hydrogen-bond donors (Lipinski definition) is 2. The van der Waals surface area contributed by atoms with Crippen LogP contribution in [0.15, 0.2) is 0 Å². The lowest BCUT2D eigenvalue weighted by molar-refractivity contribution is -0.204. The first-order valence-corrected chi connectivity index (χ1v) is 6.75. The highest BCUT2D eigenvalue weighted by Crippen LogP contribution is 2.44. The summed E-state index contributed by atoms with van der Waals surface area (Å²) in [5.74, 6) is -1.21. The lowest BCUT2D eigenvalue weighted by Crippen LogP contribution is -2.66. The molecule has 0 amide bonds. The Hall–Kier alpha value is -0.0100. The summed E-state index contributed by atoms with van der Waals surface area (Å²) in [4.78, 5) is 23.3. The Morgan fingerprint density at radius 2 is 1.41 bits per heavy atom. The quantitative estimate of drug-likeness (QED) is 0.512. The van der Waals surface area contributed by atoms with Gasteiger partial charge in [0, 0.05) is 0 Å². The summed E-state index contributed by atoms with van der Waals surface area (Å²) in [6.07, 6.45) is 0. The van der Waals surface area contributed by atoms with E-state index in [4.69, 9.17) is 14.3 Å². The topological polar surface area (TPSA) is 76.5 Å². The Bertz CT molecular complexity index is 282. The number of likely N-dealkylation sites (N-methyl/N-ethyl adjacent to an activating group) is 3. The molecule has 0 fully saturated rings. The average molecular weight is 269 g/mol. The average Bonchev–Trinajstić information content (AvgIpc) is 2.10. The Balaban J connectivity index is 5.52. The molecule has 0 rings (SSSR count). The van der Waals surface area contributed by atoms with Crippen LogP contribution in [0.25, 0.3) is 0 Å². The van der Waals surface area contributed by atoms with Gasteiger partial charge in [0.2, 0.25) is 5.85 Å². The van der Waals surface area contributed by atoms with Crippen LogP contribution in [0.1, 0.15) is 6.92 Å². The van der Waals surface area contributed by atoms with Crippen LogP contribution < -0.4 is 0 Å². The van der Waals surface area contributed by atoms with Crippen LogP contribution in [-0.4, -0.2) is 78.7 Å². The van der Waals surface area contributed by atoms with E-state index in [1.54, 1.807) is 38.0 Å². The second-order valence-electron chi connectivity index (χ2n) is 4.67. The first-order chi connectivity index (χ1) is 7.45. The predicted octanol–water partition coefficient (Wildman–Crippen LogP) is -0.177. The highest BCUT2D eigenvalue weighted by molar-refractivity contribution is 7.46. The molecule has 0 aliphatic rings. The third-order valence-electron chi connectivity index (χ3n) is 2.85. The molecule has 0 aromatic heterocycles. The fourth-order valence-corrected chi connectivity index (χ4v) is 2.73. The lowest BCUT2D eigenvalue weighted by Gasteiger charge is -2.49. The zero-order valence-electron chi connectivity index (χ0n) is 11.6. The molecule has 2 N–H and O–H groups in total. The molecule has 0 saturated heterocycles. The Morgan fingerprint density at radius 3 is 1.59 bits per heavy atom. The van der Waals surface area contributed by atoms with Crippen molar-refractivity contribution in [1.29, 1.82) is 0 Å². The Labute approximate surface area is 103 Å².